The summed E-state index contributed by atoms with van der Waals surface area (Å²) < 4.78 is 83.4. The van der Waals surface area contributed by atoms with Gasteiger partial charge in [0.25, 0.3) is 8.32 Å². The number of fused-ring (bicyclic) bond motifs is 2. The van der Waals surface area contributed by atoms with Crippen LogP contribution in [0.2, 0.25) is 5.04 Å². The minimum Gasteiger partial charge on any atom is -0.497 e. The van der Waals surface area contributed by atoms with Gasteiger partial charge in [-0.2, -0.15) is 0 Å². The van der Waals surface area contributed by atoms with Gasteiger partial charge < -0.3 is 47.1 Å². The fourth-order valence-electron chi connectivity index (χ4n) is 12.4. The smallest absolute Gasteiger partial charge is 0.261 e. The van der Waals surface area contributed by atoms with Gasteiger partial charge in [-0.3, -0.25) is 4.21 Å². The van der Waals surface area contributed by atoms with E-state index in [9.17, 15) is 4.21 Å². The molecule has 10 rings (SSSR count). The van der Waals surface area contributed by atoms with Crippen LogP contribution in [0.15, 0.2) is 163 Å². The molecule has 12 atom stereocenters. The number of ether oxygens (including phenoxy) is 9. The first-order valence-electron chi connectivity index (χ1n) is 28.4. The van der Waals surface area contributed by atoms with Gasteiger partial charge in [0.15, 0.2) is 6.29 Å². The van der Waals surface area contributed by atoms with Crippen LogP contribution >= 0.6 is 0 Å². The van der Waals surface area contributed by atoms with E-state index in [4.69, 9.17) is 47.1 Å². The van der Waals surface area contributed by atoms with Crippen molar-refractivity contribution in [2.45, 2.75) is 164 Å². The lowest BCUT2D eigenvalue weighted by Gasteiger charge is -2.50. The molecule has 0 saturated carbocycles. The van der Waals surface area contributed by atoms with Crippen LogP contribution in [0.5, 0.6) is 5.75 Å². The van der Waals surface area contributed by atoms with E-state index in [0.29, 0.717) is 65.1 Å². The monoisotopic (exact) mass is 1110 g/mol. The first-order valence-corrected chi connectivity index (χ1v) is 31.6. The number of hydrogen-bond acceptors (Lipinski definition) is 11. The second-order valence-corrected chi connectivity index (χ2v) is 28.6. The minimum atomic E-state index is -2.89. The Morgan fingerprint density at radius 1 is 0.582 bits per heavy atom. The molecule has 0 N–H and O–H groups in total. The molecule has 0 unspecified atom stereocenters. The number of benzene rings is 6. The highest BCUT2D eigenvalue weighted by atomic mass is 32.2. The van der Waals surface area contributed by atoms with Gasteiger partial charge in [0.05, 0.1) is 98.4 Å². The Balaban J connectivity index is 0.948. The minimum absolute atomic E-state index is 0.212. The van der Waals surface area contributed by atoms with E-state index >= 15 is 0 Å². The number of rotatable bonds is 21. The summed E-state index contributed by atoms with van der Waals surface area (Å²) in [6, 6.07) is 54.0. The van der Waals surface area contributed by atoms with E-state index in [0.717, 1.165) is 44.0 Å². The van der Waals surface area contributed by atoms with Gasteiger partial charge >= 0.3 is 0 Å². The van der Waals surface area contributed by atoms with Gasteiger partial charge in [-0.05, 0) is 83.4 Å². The predicted molar refractivity (Wildman–Crippen MR) is 311 cm³/mol. The summed E-state index contributed by atoms with van der Waals surface area (Å²) >= 11 is 0. The molecule has 79 heavy (non-hydrogen) atoms. The first-order chi connectivity index (χ1) is 38.3. The number of hydrogen-bond donors (Lipinski definition) is 0. The zero-order valence-electron chi connectivity index (χ0n) is 47.0. The van der Waals surface area contributed by atoms with E-state index in [-0.39, 0.29) is 47.4 Å². The normalized spacial score (nSPS) is 26.6. The van der Waals surface area contributed by atoms with Crippen molar-refractivity contribution >= 4 is 29.5 Å². The van der Waals surface area contributed by atoms with Crippen LogP contribution in [0.1, 0.15) is 92.5 Å². The SMILES string of the molecule is COc1ccc([C@@H]2OC[C@H]3O[C@@H](CCO[Si](c4ccccc4)(c4ccccc4)C(C)(C)C)[C@H](O[C@H]4C[C@H]5O[C@@H](CCOCc6ccccc6)[C@H](OCc6ccccc6)C[C@@H]5O[C@@H]4C[S@@](=O)c4c(C)cc(C)cc4C)C[C@@H]3O2)cc1. The highest BCUT2D eigenvalue weighted by Crippen LogP contribution is 2.42. The summed E-state index contributed by atoms with van der Waals surface area (Å²) in [5.74, 6) is 1.01. The van der Waals surface area contributed by atoms with E-state index in [1.807, 2.05) is 60.7 Å². The predicted octanol–water partition coefficient (Wildman–Crippen LogP) is 11.2. The lowest BCUT2D eigenvalue weighted by atomic mass is 9.89. The molecule has 0 radical (unpaired) electrons. The maximum absolute atomic E-state index is 14.9. The molecule has 4 aliphatic rings. The summed E-state index contributed by atoms with van der Waals surface area (Å²) in [6.45, 7) is 15.3. The molecule has 0 spiro atoms. The molecule has 0 bridgehead atoms. The van der Waals surface area contributed by atoms with E-state index in [1.54, 1.807) is 7.11 Å². The Kier molecular flexibility index (Phi) is 19.1. The molecule has 4 heterocycles. The quantitative estimate of drug-likeness (QED) is 0.0508. The van der Waals surface area contributed by atoms with Crippen molar-refractivity contribution in [2.24, 2.45) is 0 Å². The standard InChI is InChI=1S/C66H80O11SSi/c1-45-36-46(2)64(47(3)37-45)78(67)44-63-61(40-59-58(76-63)38-56(70-42-49-22-14-9-15-23-49)54(73-59)32-34-69-41-48-20-12-8-13-21-48)75-57-39-60-62(43-71-65(77-60)50-28-30-51(68-7)31-29-50)74-55(57)33-35-72-79(66(4,5)6,52-24-16-10-17-25-52)53-26-18-11-19-27-53/h8-31,36-37,54-63,65H,32-35,38-44H2,1-7H3/t54-,55-,56+,57+,58-,59+,60-,61-,62+,63+,65+,78+/m0/s1. The zero-order chi connectivity index (χ0) is 54.9. The van der Waals surface area contributed by atoms with E-state index in [2.05, 4.69) is 139 Å². The highest BCUT2D eigenvalue weighted by Gasteiger charge is 2.52. The molecular weight excluding hydrogens is 1030 g/mol. The van der Waals surface area contributed by atoms with Crippen molar-refractivity contribution in [3.8, 4) is 5.75 Å². The zero-order valence-corrected chi connectivity index (χ0v) is 48.9. The van der Waals surface area contributed by atoms with Crippen molar-refractivity contribution in [3.05, 3.63) is 191 Å². The molecule has 0 amide bonds. The Morgan fingerprint density at radius 2 is 1.09 bits per heavy atom. The van der Waals surface area contributed by atoms with Crippen molar-refractivity contribution in [1.29, 1.82) is 0 Å². The van der Waals surface area contributed by atoms with Crippen LogP contribution in [-0.4, -0.2) is 106 Å². The summed E-state index contributed by atoms with van der Waals surface area (Å²) in [5.41, 5.74) is 6.26. The summed E-state index contributed by atoms with van der Waals surface area (Å²) in [5, 5.41) is 2.22. The third-order valence-electron chi connectivity index (χ3n) is 16.2. The van der Waals surface area contributed by atoms with Crippen molar-refractivity contribution < 1.29 is 51.3 Å². The van der Waals surface area contributed by atoms with Gasteiger partial charge in [0, 0.05) is 42.9 Å². The summed E-state index contributed by atoms with van der Waals surface area (Å²) in [4.78, 5) is 0.844. The number of methoxy groups -OCH3 is 1. The Labute approximate surface area is 472 Å². The topological polar surface area (TPSA) is 109 Å². The van der Waals surface area contributed by atoms with Crippen molar-refractivity contribution in [1.82, 2.24) is 0 Å². The third-order valence-corrected chi connectivity index (χ3v) is 23.0. The van der Waals surface area contributed by atoms with E-state index < -0.39 is 49.8 Å². The van der Waals surface area contributed by atoms with E-state index in [1.165, 1.54) is 10.4 Å². The second kappa shape index (κ2) is 26.4. The Bertz CT molecular complexity index is 2810. The van der Waals surface area contributed by atoms with Crippen LogP contribution < -0.4 is 15.1 Å². The molecular formula is C66H80O11SSi. The van der Waals surface area contributed by atoms with Crippen LogP contribution in [0.25, 0.3) is 0 Å². The molecule has 0 aromatic heterocycles. The van der Waals surface area contributed by atoms with Gasteiger partial charge in [0.1, 0.15) is 11.9 Å². The molecule has 6 aromatic carbocycles. The fraction of sp³-hybridized carbons (Fsp3) is 0.455. The van der Waals surface area contributed by atoms with Gasteiger partial charge in [-0.15, -0.1) is 0 Å². The largest absolute Gasteiger partial charge is 0.497 e. The maximum Gasteiger partial charge on any atom is 0.261 e. The molecule has 13 heteroatoms. The molecule has 4 saturated heterocycles. The first kappa shape index (κ1) is 57.4. The lowest BCUT2D eigenvalue weighted by Crippen LogP contribution is -2.66. The third kappa shape index (κ3) is 13.7. The highest BCUT2D eigenvalue weighted by molar-refractivity contribution is 7.85. The van der Waals surface area contributed by atoms with Crippen LogP contribution in [0.4, 0.5) is 0 Å². The molecule has 4 fully saturated rings. The number of aryl methyl sites for hydroxylation is 3. The molecule has 0 aliphatic carbocycles. The lowest BCUT2D eigenvalue weighted by molar-refractivity contribution is -0.317. The van der Waals surface area contributed by atoms with Gasteiger partial charge in [0.2, 0.25) is 0 Å². The summed E-state index contributed by atoms with van der Waals surface area (Å²) in [7, 11) is -2.64. The summed E-state index contributed by atoms with van der Waals surface area (Å²) in [6.07, 6.45) is -1.45. The van der Waals surface area contributed by atoms with Gasteiger partial charge in [-0.25, -0.2) is 0 Å². The van der Waals surface area contributed by atoms with Crippen molar-refractivity contribution in [3.63, 3.8) is 0 Å². The molecule has 11 nitrogen and oxygen atoms in total. The van der Waals surface area contributed by atoms with Gasteiger partial charge in [-0.1, -0.05) is 172 Å². The van der Waals surface area contributed by atoms with Crippen molar-refractivity contribution in [2.75, 3.05) is 32.7 Å². The Hall–Kier alpha value is -4.87. The van der Waals surface area contributed by atoms with Crippen LogP contribution in [0.3, 0.4) is 0 Å². The molecule has 4 aliphatic heterocycles. The second-order valence-electron chi connectivity index (χ2n) is 22.9. The average molecular weight is 1110 g/mol. The Morgan fingerprint density at radius 3 is 1.68 bits per heavy atom. The van der Waals surface area contributed by atoms with Crippen LogP contribution in [-0.2, 0) is 66.3 Å². The maximum atomic E-state index is 14.9. The molecule has 6 aromatic rings. The van der Waals surface area contributed by atoms with Crippen LogP contribution in [0, 0.1) is 20.8 Å². The molecule has 420 valence electrons. The average Bonchev–Trinajstić information content (AvgIpc) is 3.64. The fourth-order valence-corrected chi connectivity index (χ4v) is 18.6.